The molecule has 33 heavy (non-hydrogen) atoms. The molecule has 0 radical (unpaired) electrons. The van der Waals surface area contributed by atoms with E-state index in [0.29, 0.717) is 23.7 Å². The molecule has 0 saturated heterocycles. The number of aliphatic carboxylic acids is 1. The van der Waals surface area contributed by atoms with Crippen LogP contribution in [0.3, 0.4) is 0 Å². The van der Waals surface area contributed by atoms with Gasteiger partial charge in [0, 0.05) is 18.7 Å². The van der Waals surface area contributed by atoms with Crippen molar-refractivity contribution in [1.82, 2.24) is 14.5 Å². The van der Waals surface area contributed by atoms with Crippen molar-refractivity contribution < 1.29 is 24.2 Å². The number of carboxylic acid groups (broad SMARTS) is 1. The summed E-state index contributed by atoms with van der Waals surface area (Å²) >= 11 is 0. The van der Waals surface area contributed by atoms with E-state index >= 15 is 0 Å². The van der Waals surface area contributed by atoms with Gasteiger partial charge in [-0.2, -0.15) is 0 Å². The smallest absolute Gasteiger partial charge is 0.326 e. The van der Waals surface area contributed by atoms with E-state index in [1.165, 1.54) is 12.0 Å². The number of benzene rings is 2. The summed E-state index contributed by atoms with van der Waals surface area (Å²) in [6, 6.07) is 11.4. The number of aromatic nitrogens is 2. The molecule has 9 heteroatoms. The fourth-order valence-electron chi connectivity index (χ4n) is 4.12. The summed E-state index contributed by atoms with van der Waals surface area (Å²) in [6.07, 6.45) is 1.86. The Bertz CT molecular complexity index is 1190. The zero-order valence-electron chi connectivity index (χ0n) is 18.7. The molecule has 172 valence electrons. The number of nitrogens with one attached hydrogen (secondary N) is 1. The molecule has 0 aliphatic carbocycles. The Kier molecular flexibility index (Phi) is 6.21. The van der Waals surface area contributed by atoms with Crippen LogP contribution in [0, 0.1) is 6.92 Å². The molecule has 1 aliphatic heterocycles. The SMILES string of the molecule is COc1ccc(Cn2cnc3c2C[C@@H](C(=O)O)N(C(=O)Nc2ccccc2OC)C3)cc1C. The number of carbonyl (C=O) groups excluding carboxylic acids is 1. The third-order valence-electron chi connectivity index (χ3n) is 5.82. The van der Waals surface area contributed by atoms with Gasteiger partial charge in [-0.25, -0.2) is 14.6 Å². The number of para-hydroxylation sites is 2. The molecule has 4 rings (SSSR count). The van der Waals surface area contributed by atoms with E-state index in [1.807, 2.05) is 29.7 Å². The van der Waals surface area contributed by atoms with Gasteiger partial charge in [-0.1, -0.05) is 24.3 Å². The third kappa shape index (κ3) is 4.48. The number of carboxylic acids is 1. The second-order valence-corrected chi connectivity index (χ2v) is 7.89. The normalized spacial score (nSPS) is 15.0. The molecule has 9 nitrogen and oxygen atoms in total. The molecule has 0 spiro atoms. The molecule has 2 amide bonds. The number of ether oxygens (including phenoxy) is 2. The number of nitrogens with zero attached hydrogens (tertiary/aromatic N) is 3. The first-order chi connectivity index (χ1) is 15.9. The van der Waals surface area contributed by atoms with Crippen LogP contribution >= 0.6 is 0 Å². The van der Waals surface area contributed by atoms with Crippen molar-refractivity contribution in [1.29, 1.82) is 0 Å². The van der Waals surface area contributed by atoms with Crippen molar-refractivity contribution in [3.63, 3.8) is 0 Å². The minimum atomic E-state index is -1.07. The summed E-state index contributed by atoms with van der Waals surface area (Å²) in [5, 5.41) is 12.6. The maximum absolute atomic E-state index is 13.0. The first-order valence-corrected chi connectivity index (χ1v) is 10.5. The molecule has 3 aromatic rings. The van der Waals surface area contributed by atoms with Gasteiger partial charge in [-0.3, -0.25) is 0 Å². The number of hydrogen-bond donors (Lipinski definition) is 2. The molecular weight excluding hydrogens is 424 g/mol. The lowest BCUT2D eigenvalue weighted by Crippen LogP contribution is -2.50. The Morgan fingerprint density at radius 2 is 1.91 bits per heavy atom. The highest BCUT2D eigenvalue weighted by molar-refractivity contribution is 5.93. The van der Waals surface area contributed by atoms with Gasteiger partial charge in [-0.15, -0.1) is 0 Å². The molecule has 2 N–H and O–H groups in total. The van der Waals surface area contributed by atoms with Crippen LogP contribution in [0.5, 0.6) is 11.5 Å². The van der Waals surface area contributed by atoms with Gasteiger partial charge in [-0.05, 0) is 36.2 Å². The maximum Gasteiger partial charge on any atom is 0.326 e. The minimum Gasteiger partial charge on any atom is -0.496 e. The zero-order chi connectivity index (χ0) is 23.5. The van der Waals surface area contributed by atoms with Crippen LogP contribution in [0.15, 0.2) is 48.8 Å². The van der Waals surface area contributed by atoms with Crippen molar-refractivity contribution >= 4 is 17.7 Å². The summed E-state index contributed by atoms with van der Waals surface area (Å²) in [6.45, 7) is 2.62. The summed E-state index contributed by atoms with van der Waals surface area (Å²) in [5.41, 5.74) is 4.05. The van der Waals surface area contributed by atoms with Gasteiger partial charge in [0.15, 0.2) is 0 Å². The molecule has 1 aromatic heterocycles. The van der Waals surface area contributed by atoms with Crippen molar-refractivity contribution in [3.05, 3.63) is 71.3 Å². The highest BCUT2D eigenvalue weighted by Crippen LogP contribution is 2.28. The number of hydrogen-bond acceptors (Lipinski definition) is 5. The van der Waals surface area contributed by atoms with Crippen LogP contribution in [0.2, 0.25) is 0 Å². The largest absolute Gasteiger partial charge is 0.496 e. The van der Waals surface area contributed by atoms with E-state index in [1.54, 1.807) is 37.7 Å². The molecule has 0 saturated carbocycles. The van der Waals surface area contributed by atoms with Gasteiger partial charge < -0.3 is 29.4 Å². The number of rotatable bonds is 6. The Hall–Kier alpha value is -4.01. The summed E-state index contributed by atoms with van der Waals surface area (Å²) in [5.74, 6) is 0.243. The summed E-state index contributed by atoms with van der Waals surface area (Å²) in [7, 11) is 3.14. The number of urea groups is 1. The van der Waals surface area contributed by atoms with E-state index in [0.717, 1.165) is 22.6 Å². The lowest BCUT2D eigenvalue weighted by Gasteiger charge is -2.33. The predicted molar refractivity (Wildman–Crippen MR) is 122 cm³/mol. The monoisotopic (exact) mass is 450 g/mol. The lowest BCUT2D eigenvalue weighted by molar-refractivity contribution is -0.142. The first kappa shape index (κ1) is 22.2. The average Bonchev–Trinajstić information content (AvgIpc) is 3.20. The summed E-state index contributed by atoms with van der Waals surface area (Å²) < 4.78 is 12.5. The maximum atomic E-state index is 13.0. The van der Waals surface area contributed by atoms with Gasteiger partial charge in [0.1, 0.15) is 17.5 Å². The van der Waals surface area contributed by atoms with E-state index in [9.17, 15) is 14.7 Å². The Morgan fingerprint density at radius 1 is 1.15 bits per heavy atom. The molecule has 0 unspecified atom stereocenters. The Morgan fingerprint density at radius 3 is 2.61 bits per heavy atom. The highest BCUT2D eigenvalue weighted by atomic mass is 16.5. The molecule has 1 atom stereocenters. The van der Waals surface area contributed by atoms with Crippen LogP contribution in [0.25, 0.3) is 0 Å². The minimum absolute atomic E-state index is 0.0991. The van der Waals surface area contributed by atoms with Crippen LogP contribution in [0.1, 0.15) is 22.5 Å². The highest BCUT2D eigenvalue weighted by Gasteiger charge is 2.37. The standard InChI is InChI=1S/C24H26N4O5/c1-15-10-16(8-9-21(15)32-2)12-27-14-25-18-13-28(20(23(29)30)11-19(18)27)24(31)26-17-6-4-5-7-22(17)33-3/h4-10,14,20H,11-13H2,1-3H3,(H,26,31)(H,29,30)/t20-/m0/s1. The van der Waals surface area contributed by atoms with E-state index in [-0.39, 0.29) is 13.0 Å². The van der Waals surface area contributed by atoms with Gasteiger partial charge >= 0.3 is 12.0 Å². The lowest BCUT2D eigenvalue weighted by atomic mass is 10.0. The van der Waals surface area contributed by atoms with Crippen molar-refractivity contribution in [2.75, 3.05) is 19.5 Å². The molecule has 2 aromatic carbocycles. The van der Waals surface area contributed by atoms with Crippen molar-refractivity contribution in [2.24, 2.45) is 0 Å². The van der Waals surface area contributed by atoms with Crippen LogP contribution < -0.4 is 14.8 Å². The summed E-state index contributed by atoms with van der Waals surface area (Å²) in [4.78, 5) is 30.8. The van der Waals surface area contributed by atoms with Gasteiger partial charge in [0.2, 0.25) is 0 Å². The van der Waals surface area contributed by atoms with Crippen molar-refractivity contribution in [3.8, 4) is 11.5 Å². The molecule has 1 aliphatic rings. The third-order valence-corrected chi connectivity index (χ3v) is 5.82. The number of anilines is 1. The number of methoxy groups -OCH3 is 2. The van der Waals surface area contributed by atoms with Crippen molar-refractivity contribution in [2.45, 2.75) is 32.5 Å². The Labute approximate surface area is 191 Å². The zero-order valence-corrected chi connectivity index (χ0v) is 18.7. The molecule has 0 fully saturated rings. The van der Waals surface area contributed by atoms with Gasteiger partial charge in [0.05, 0.1) is 38.5 Å². The van der Waals surface area contributed by atoms with E-state index in [2.05, 4.69) is 10.3 Å². The molecule has 0 bridgehead atoms. The van der Waals surface area contributed by atoms with Crippen LogP contribution in [0.4, 0.5) is 10.5 Å². The average molecular weight is 450 g/mol. The van der Waals surface area contributed by atoms with Gasteiger partial charge in [0.25, 0.3) is 0 Å². The number of fused-ring (bicyclic) bond motifs is 1. The number of imidazole rings is 1. The topological polar surface area (TPSA) is 106 Å². The Balaban J connectivity index is 1.57. The predicted octanol–water partition coefficient (Wildman–Crippen LogP) is 3.30. The second-order valence-electron chi connectivity index (χ2n) is 7.89. The number of aryl methyl sites for hydroxylation is 1. The van der Waals surface area contributed by atoms with E-state index < -0.39 is 18.0 Å². The molecular formula is C24H26N4O5. The fraction of sp³-hybridized carbons (Fsp3) is 0.292. The van der Waals surface area contributed by atoms with E-state index in [4.69, 9.17) is 9.47 Å². The quantitative estimate of drug-likeness (QED) is 0.597. The number of carbonyl (C=O) groups is 2. The number of amides is 2. The fourth-order valence-corrected chi connectivity index (χ4v) is 4.12. The molecule has 2 heterocycles. The van der Waals surface area contributed by atoms with Crippen LogP contribution in [-0.2, 0) is 24.3 Å². The second kappa shape index (κ2) is 9.23. The first-order valence-electron chi connectivity index (χ1n) is 10.5. The van der Waals surface area contributed by atoms with Crippen LogP contribution in [-0.4, -0.2) is 51.8 Å².